The summed E-state index contributed by atoms with van der Waals surface area (Å²) in [6.07, 6.45) is 1.37. The summed E-state index contributed by atoms with van der Waals surface area (Å²) in [6, 6.07) is 3.44. The second kappa shape index (κ2) is 4.34. The molecule has 3 heterocycles. The minimum atomic E-state index is -0.533. The van der Waals surface area contributed by atoms with Crippen LogP contribution in [-0.2, 0) is 9.47 Å². The van der Waals surface area contributed by atoms with Crippen molar-refractivity contribution in [2.24, 2.45) is 0 Å². The van der Waals surface area contributed by atoms with Crippen LogP contribution in [0.3, 0.4) is 0 Å². The summed E-state index contributed by atoms with van der Waals surface area (Å²) in [6.45, 7) is 1.87. The molecule has 20 heavy (non-hydrogen) atoms. The Bertz CT molecular complexity index is 598. The maximum absolute atomic E-state index is 12.4. The van der Waals surface area contributed by atoms with E-state index in [1.165, 1.54) is 0 Å². The molecule has 1 amide bonds. The zero-order chi connectivity index (χ0) is 13.9. The van der Waals surface area contributed by atoms with Gasteiger partial charge in [-0.15, -0.1) is 0 Å². The van der Waals surface area contributed by atoms with E-state index in [1.54, 1.807) is 12.1 Å². The summed E-state index contributed by atoms with van der Waals surface area (Å²) >= 11 is 12.1. The molecule has 0 aliphatic carbocycles. The molecule has 4 rings (SSSR count). The zero-order valence-corrected chi connectivity index (χ0v) is 12.2. The van der Waals surface area contributed by atoms with Crippen LogP contribution < -0.4 is 0 Å². The molecule has 0 aromatic heterocycles. The van der Waals surface area contributed by atoms with Gasteiger partial charge in [-0.2, -0.15) is 0 Å². The number of amides is 1. The number of fused-ring (bicyclic) bond motifs is 3. The van der Waals surface area contributed by atoms with Gasteiger partial charge in [-0.25, -0.2) is 0 Å². The van der Waals surface area contributed by atoms with Crippen LogP contribution in [0, 0.1) is 0 Å². The first-order chi connectivity index (χ1) is 9.60. The topological polar surface area (TPSA) is 38.8 Å². The van der Waals surface area contributed by atoms with E-state index in [2.05, 4.69) is 0 Å². The Labute approximate surface area is 126 Å². The highest BCUT2D eigenvalue weighted by molar-refractivity contribution is 6.42. The Morgan fingerprint density at radius 3 is 2.65 bits per heavy atom. The van der Waals surface area contributed by atoms with Gasteiger partial charge in [-0.3, -0.25) is 4.79 Å². The van der Waals surface area contributed by atoms with Gasteiger partial charge < -0.3 is 14.4 Å². The molecule has 0 saturated carbocycles. The number of carbonyl (C=O) groups is 1. The van der Waals surface area contributed by atoms with Crippen molar-refractivity contribution in [2.45, 2.75) is 24.7 Å². The van der Waals surface area contributed by atoms with Gasteiger partial charge in [-0.05, 0) is 17.7 Å². The van der Waals surface area contributed by atoms with Crippen LogP contribution in [0.4, 0.5) is 0 Å². The molecule has 2 saturated heterocycles. The monoisotopic (exact) mass is 313 g/mol. The van der Waals surface area contributed by atoms with Crippen LogP contribution in [0.15, 0.2) is 12.1 Å². The molecule has 1 aromatic carbocycles. The predicted octanol–water partition coefficient (Wildman–Crippen LogP) is 3.03. The highest BCUT2D eigenvalue weighted by atomic mass is 35.5. The molecule has 0 bridgehead atoms. The van der Waals surface area contributed by atoms with E-state index in [4.69, 9.17) is 32.7 Å². The Hall–Kier alpha value is -0.810. The molecule has 1 aromatic rings. The summed E-state index contributed by atoms with van der Waals surface area (Å²) in [4.78, 5) is 14.3. The highest BCUT2D eigenvalue weighted by Crippen LogP contribution is 2.47. The maximum atomic E-state index is 12.4. The van der Waals surface area contributed by atoms with Gasteiger partial charge in [0.15, 0.2) is 5.79 Å². The molecule has 3 aliphatic heterocycles. The predicted molar refractivity (Wildman–Crippen MR) is 74.1 cm³/mol. The Morgan fingerprint density at radius 2 is 1.90 bits per heavy atom. The minimum absolute atomic E-state index is 0.0245. The molecule has 0 radical (unpaired) electrons. The zero-order valence-electron chi connectivity index (χ0n) is 10.7. The van der Waals surface area contributed by atoms with Crippen LogP contribution in [0.5, 0.6) is 0 Å². The summed E-state index contributed by atoms with van der Waals surface area (Å²) in [5.74, 6) is -0.508. The smallest absolute Gasteiger partial charge is 0.254 e. The van der Waals surface area contributed by atoms with Crippen LogP contribution >= 0.6 is 23.2 Å². The number of ether oxygens (including phenoxy) is 2. The van der Waals surface area contributed by atoms with Gasteiger partial charge in [0, 0.05) is 24.9 Å². The van der Waals surface area contributed by atoms with Crippen molar-refractivity contribution < 1.29 is 14.3 Å². The third-order valence-corrected chi connectivity index (χ3v) is 5.09. The number of hydrogen-bond acceptors (Lipinski definition) is 3. The fraction of sp³-hybridized carbons (Fsp3) is 0.500. The SMILES string of the molecule is O=C1c2cc(Cl)c(Cl)cc2C2CC3(CCN12)OCCO3. The Kier molecular flexibility index (Phi) is 2.80. The summed E-state index contributed by atoms with van der Waals surface area (Å²) < 4.78 is 11.5. The fourth-order valence-electron chi connectivity index (χ4n) is 3.41. The molecule has 106 valence electrons. The molecule has 2 fully saturated rings. The van der Waals surface area contributed by atoms with Crippen molar-refractivity contribution >= 4 is 29.1 Å². The van der Waals surface area contributed by atoms with Gasteiger partial charge in [0.2, 0.25) is 0 Å². The molecule has 1 spiro atoms. The summed E-state index contributed by atoms with van der Waals surface area (Å²) in [7, 11) is 0. The van der Waals surface area contributed by atoms with Crippen LogP contribution in [0.1, 0.15) is 34.8 Å². The number of benzene rings is 1. The van der Waals surface area contributed by atoms with Crippen molar-refractivity contribution in [3.05, 3.63) is 33.3 Å². The number of halogens is 2. The molecular weight excluding hydrogens is 301 g/mol. The van der Waals surface area contributed by atoms with Crippen LogP contribution in [-0.4, -0.2) is 36.4 Å². The minimum Gasteiger partial charge on any atom is -0.347 e. The molecule has 3 aliphatic rings. The molecular formula is C14H13Cl2NO3. The molecule has 6 heteroatoms. The van der Waals surface area contributed by atoms with Crippen LogP contribution in [0.2, 0.25) is 10.0 Å². The largest absolute Gasteiger partial charge is 0.347 e. The molecule has 1 unspecified atom stereocenters. The van der Waals surface area contributed by atoms with Crippen molar-refractivity contribution in [2.75, 3.05) is 19.8 Å². The van der Waals surface area contributed by atoms with Gasteiger partial charge in [-0.1, -0.05) is 23.2 Å². The van der Waals surface area contributed by atoms with Crippen molar-refractivity contribution in [3.8, 4) is 0 Å². The second-order valence-electron chi connectivity index (χ2n) is 5.43. The first-order valence-electron chi connectivity index (χ1n) is 6.67. The third kappa shape index (κ3) is 1.72. The van der Waals surface area contributed by atoms with E-state index in [0.717, 1.165) is 5.56 Å². The maximum Gasteiger partial charge on any atom is 0.254 e. The standard InChI is InChI=1S/C14H13Cl2NO3/c15-10-5-8-9(6-11(10)16)13(18)17-2-1-14(7-12(8)17)19-3-4-20-14/h5-6,12H,1-4,7H2. The number of piperidine rings is 1. The average molecular weight is 314 g/mol. The third-order valence-electron chi connectivity index (χ3n) is 4.37. The average Bonchev–Trinajstić information content (AvgIpc) is 2.97. The van der Waals surface area contributed by atoms with E-state index in [1.807, 2.05) is 4.90 Å². The van der Waals surface area contributed by atoms with Crippen molar-refractivity contribution in [1.29, 1.82) is 0 Å². The summed E-state index contributed by atoms with van der Waals surface area (Å²) in [5, 5.41) is 0.898. The van der Waals surface area contributed by atoms with E-state index in [0.29, 0.717) is 48.2 Å². The lowest BCUT2D eigenvalue weighted by Gasteiger charge is -2.40. The van der Waals surface area contributed by atoms with E-state index in [9.17, 15) is 4.79 Å². The van der Waals surface area contributed by atoms with Gasteiger partial charge >= 0.3 is 0 Å². The molecule has 4 nitrogen and oxygen atoms in total. The lowest BCUT2D eigenvalue weighted by Crippen LogP contribution is -2.46. The second-order valence-corrected chi connectivity index (χ2v) is 6.24. The number of rotatable bonds is 0. The van der Waals surface area contributed by atoms with Gasteiger partial charge in [0.25, 0.3) is 5.91 Å². The van der Waals surface area contributed by atoms with E-state index >= 15 is 0 Å². The lowest BCUT2D eigenvalue weighted by molar-refractivity contribution is -0.191. The molecule has 0 N–H and O–H groups in total. The first-order valence-corrected chi connectivity index (χ1v) is 7.43. The quantitative estimate of drug-likeness (QED) is 0.739. The van der Waals surface area contributed by atoms with E-state index in [-0.39, 0.29) is 11.9 Å². The highest BCUT2D eigenvalue weighted by Gasteiger charge is 2.50. The van der Waals surface area contributed by atoms with Crippen molar-refractivity contribution in [1.82, 2.24) is 4.90 Å². The number of carbonyl (C=O) groups excluding carboxylic acids is 1. The fourth-order valence-corrected chi connectivity index (χ4v) is 3.75. The summed E-state index contributed by atoms with van der Waals surface area (Å²) in [5.41, 5.74) is 1.59. The van der Waals surface area contributed by atoms with E-state index < -0.39 is 5.79 Å². The van der Waals surface area contributed by atoms with Crippen LogP contribution in [0.25, 0.3) is 0 Å². The number of nitrogens with zero attached hydrogens (tertiary/aromatic N) is 1. The van der Waals surface area contributed by atoms with Gasteiger partial charge in [0.1, 0.15) is 0 Å². The Morgan fingerprint density at radius 1 is 1.20 bits per heavy atom. The first kappa shape index (κ1) is 12.9. The Balaban J connectivity index is 1.76. The van der Waals surface area contributed by atoms with Crippen molar-refractivity contribution in [3.63, 3.8) is 0 Å². The normalized spacial score (nSPS) is 27.0. The number of hydrogen-bond donors (Lipinski definition) is 0. The van der Waals surface area contributed by atoms with Gasteiger partial charge in [0.05, 0.1) is 29.3 Å². The lowest BCUT2D eigenvalue weighted by atomic mass is 9.93. The molecule has 1 atom stereocenters.